The summed E-state index contributed by atoms with van der Waals surface area (Å²) in [5.41, 5.74) is 2.30. The molecule has 0 bridgehead atoms. The molecule has 0 unspecified atom stereocenters. The van der Waals surface area contributed by atoms with Crippen molar-refractivity contribution in [1.29, 1.82) is 0 Å². The third-order valence-electron chi connectivity index (χ3n) is 4.08. The SMILES string of the molecule is CC(=O)OC(=O)C(O)(c1ccc(C)cc1C)c1ccc(C)cc1C. The van der Waals surface area contributed by atoms with Crippen LogP contribution in [0.25, 0.3) is 0 Å². The minimum atomic E-state index is -2.04. The van der Waals surface area contributed by atoms with Gasteiger partial charge in [-0.1, -0.05) is 47.5 Å². The highest BCUT2D eigenvalue weighted by molar-refractivity contribution is 5.93. The van der Waals surface area contributed by atoms with E-state index in [1.165, 1.54) is 0 Å². The first kappa shape index (κ1) is 17.9. The van der Waals surface area contributed by atoms with E-state index in [-0.39, 0.29) is 0 Å². The Hall–Kier alpha value is -2.46. The molecule has 0 aromatic heterocycles. The lowest BCUT2D eigenvalue weighted by Gasteiger charge is -2.29. The molecule has 0 spiro atoms. The third kappa shape index (κ3) is 3.24. The summed E-state index contributed by atoms with van der Waals surface area (Å²) in [7, 11) is 0. The van der Waals surface area contributed by atoms with E-state index in [0.29, 0.717) is 11.1 Å². The van der Waals surface area contributed by atoms with Crippen LogP contribution in [0, 0.1) is 27.7 Å². The Bertz CT molecular complexity index is 754. The second-order valence-electron chi connectivity index (χ2n) is 6.23. The average molecular weight is 326 g/mol. The zero-order valence-electron chi connectivity index (χ0n) is 14.6. The predicted octanol–water partition coefficient (Wildman–Crippen LogP) is 3.25. The first-order valence-corrected chi connectivity index (χ1v) is 7.77. The van der Waals surface area contributed by atoms with Gasteiger partial charge in [-0.15, -0.1) is 0 Å². The van der Waals surface area contributed by atoms with Crippen LogP contribution in [0.5, 0.6) is 0 Å². The fraction of sp³-hybridized carbons (Fsp3) is 0.300. The van der Waals surface area contributed by atoms with Crippen molar-refractivity contribution >= 4 is 11.9 Å². The second-order valence-corrected chi connectivity index (χ2v) is 6.23. The number of rotatable bonds is 3. The topological polar surface area (TPSA) is 63.6 Å². The number of carbonyl (C=O) groups is 2. The molecule has 126 valence electrons. The molecule has 0 atom stereocenters. The summed E-state index contributed by atoms with van der Waals surface area (Å²) in [5, 5.41) is 11.4. The number of aryl methyl sites for hydroxylation is 4. The summed E-state index contributed by atoms with van der Waals surface area (Å²) in [5.74, 6) is -1.75. The van der Waals surface area contributed by atoms with Gasteiger partial charge in [0, 0.05) is 18.1 Å². The van der Waals surface area contributed by atoms with Crippen molar-refractivity contribution in [2.75, 3.05) is 0 Å². The Morgan fingerprint density at radius 1 is 0.875 bits per heavy atom. The quantitative estimate of drug-likeness (QED) is 0.695. The Morgan fingerprint density at radius 2 is 1.29 bits per heavy atom. The number of hydrogen-bond acceptors (Lipinski definition) is 4. The monoisotopic (exact) mass is 326 g/mol. The van der Waals surface area contributed by atoms with Crippen molar-refractivity contribution in [2.45, 2.75) is 40.2 Å². The third-order valence-corrected chi connectivity index (χ3v) is 4.08. The molecule has 4 heteroatoms. The lowest BCUT2D eigenvalue weighted by atomic mass is 9.81. The highest BCUT2D eigenvalue weighted by Gasteiger charge is 2.44. The molecule has 1 N–H and O–H groups in total. The Balaban J connectivity index is 2.74. The number of esters is 2. The summed E-state index contributed by atoms with van der Waals surface area (Å²) in [6.45, 7) is 8.64. The van der Waals surface area contributed by atoms with Crippen LogP contribution < -0.4 is 0 Å². The van der Waals surface area contributed by atoms with Gasteiger partial charge in [0.2, 0.25) is 5.60 Å². The van der Waals surface area contributed by atoms with Gasteiger partial charge < -0.3 is 9.84 Å². The minimum absolute atomic E-state index is 0.409. The van der Waals surface area contributed by atoms with E-state index in [9.17, 15) is 14.7 Å². The highest BCUT2D eigenvalue weighted by atomic mass is 16.6. The van der Waals surface area contributed by atoms with Gasteiger partial charge in [0.1, 0.15) is 0 Å². The first-order valence-electron chi connectivity index (χ1n) is 7.77. The summed E-state index contributed by atoms with van der Waals surface area (Å²) < 4.78 is 4.77. The maximum Gasteiger partial charge on any atom is 0.355 e. The molecule has 0 amide bonds. The van der Waals surface area contributed by atoms with Crippen LogP contribution in [0.1, 0.15) is 40.3 Å². The van der Waals surface area contributed by atoms with Gasteiger partial charge >= 0.3 is 11.9 Å². The Labute approximate surface area is 142 Å². The van der Waals surface area contributed by atoms with Crippen LogP contribution in [0.15, 0.2) is 36.4 Å². The standard InChI is InChI=1S/C20H22O4/c1-12-6-8-17(14(3)10-12)20(23,19(22)24-16(5)21)18-9-7-13(2)11-15(18)4/h6-11,23H,1-5H3. The number of ether oxygens (including phenoxy) is 1. The second kappa shape index (κ2) is 6.57. The van der Waals surface area contributed by atoms with E-state index < -0.39 is 17.5 Å². The molecule has 0 aliphatic rings. The average Bonchev–Trinajstić information content (AvgIpc) is 2.45. The number of hydrogen-bond donors (Lipinski definition) is 1. The molecule has 0 heterocycles. The van der Waals surface area contributed by atoms with Crippen LogP contribution in [0.2, 0.25) is 0 Å². The molecular formula is C20H22O4. The molecule has 2 aromatic rings. The molecule has 0 radical (unpaired) electrons. The summed E-state index contributed by atoms with van der Waals surface area (Å²) in [4.78, 5) is 23.9. The van der Waals surface area contributed by atoms with Crippen molar-refractivity contribution in [3.63, 3.8) is 0 Å². The number of benzene rings is 2. The zero-order valence-corrected chi connectivity index (χ0v) is 14.6. The van der Waals surface area contributed by atoms with Gasteiger partial charge in [-0.05, 0) is 38.8 Å². The van der Waals surface area contributed by atoms with Crippen molar-refractivity contribution < 1.29 is 19.4 Å². The zero-order chi connectivity index (χ0) is 18.1. The molecule has 0 saturated heterocycles. The summed E-state index contributed by atoms with van der Waals surface area (Å²) >= 11 is 0. The molecule has 0 saturated carbocycles. The van der Waals surface area contributed by atoms with Crippen molar-refractivity contribution in [1.82, 2.24) is 0 Å². The lowest BCUT2D eigenvalue weighted by molar-refractivity contribution is -0.170. The molecule has 0 aliphatic carbocycles. The Morgan fingerprint density at radius 3 is 1.62 bits per heavy atom. The first-order chi connectivity index (χ1) is 11.2. The van der Waals surface area contributed by atoms with Crippen molar-refractivity contribution in [2.24, 2.45) is 0 Å². The molecule has 4 nitrogen and oxygen atoms in total. The molecule has 0 fully saturated rings. The van der Waals surface area contributed by atoms with Gasteiger partial charge in [-0.25, -0.2) is 4.79 Å². The van der Waals surface area contributed by atoms with Crippen LogP contribution >= 0.6 is 0 Å². The Kier molecular flexibility index (Phi) is 4.90. The largest absolute Gasteiger partial charge is 0.391 e. The van der Waals surface area contributed by atoms with Crippen LogP contribution in [-0.2, 0) is 19.9 Å². The fourth-order valence-electron chi connectivity index (χ4n) is 3.01. The van der Waals surface area contributed by atoms with Gasteiger partial charge in [0.25, 0.3) is 0 Å². The van der Waals surface area contributed by atoms with E-state index in [0.717, 1.165) is 29.2 Å². The van der Waals surface area contributed by atoms with Gasteiger partial charge in [-0.3, -0.25) is 4.79 Å². The van der Waals surface area contributed by atoms with E-state index >= 15 is 0 Å². The normalized spacial score (nSPS) is 11.2. The summed E-state index contributed by atoms with van der Waals surface area (Å²) in [6.07, 6.45) is 0. The maximum atomic E-state index is 12.7. The predicted molar refractivity (Wildman–Crippen MR) is 91.6 cm³/mol. The number of aliphatic hydroxyl groups is 1. The molecule has 24 heavy (non-hydrogen) atoms. The smallest absolute Gasteiger partial charge is 0.355 e. The van der Waals surface area contributed by atoms with Crippen molar-refractivity contribution in [3.05, 3.63) is 69.8 Å². The van der Waals surface area contributed by atoms with Crippen molar-refractivity contribution in [3.8, 4) is 0 Å². The van der Waals surface area contributed by atoms with Crippen LogP contribution in [0.4, 0.5) is 0 Å². The van der Waals surface area contributed by atoms with E-state index in [1.807, 2.05) is 52.0 Å². The molecule has 2 rings (SSSR count). The van der Waals surface area contributed by atoms with E-state index in [4.69, 9.17) is 4.74 Å². The minimum Gasteiger partial charge on any atom is -0.391 e. The lowest BCUT2D eigenvalue weighted by Crippen LogP contribution is -2.40. The maximum absolute atomic E-state index is 12.7. The highest BCUT2D eigenvalue weighted by Crippen LogP contribution is 2.35. The summed E-state index contributed by atoms with van der Waals surface area (Å²) in [6, 6.07) is 10.8. The van der Waals surface area contributed by atoms with E-state index in [2.05, 4.69) is 0 Å². The number of carbonyl (C=O) groups excluding carboxylic acids is 2. The van der Waals surface area contributed by atoms with Gasteiger partial charge in [-0.2, -0.15) is 0 Å². The molecule has 0 aliphatic heterocycles. The molecule has 2 aromatic carbocycles. The fourth-order valence-corrected chi connectivity index (χ4v) is 3.01. The van der Waals surface area contributed by atoms with Gasteiger partial charge in [0.15, 0.2) is 0 Å². The van der Waals surface area contributed by atoms with E-state index in [1.54, 1.807) is 12.1 Å². The van der Waals surface area contributed by atoms with Crippen LogP contribution in [0.3, 0.4) is 0 Å². The van der Waals surface area contributed by atoms with Crippen LogP contribution in [-0.4, -0.2) is 17.0 Å². The van der Waals surface area contributed by atoms with Gasteiger partial charge in [0.05, 0.1) is 0 Å². The molecular weight excluding hydrogens is 304 g/mol.